The largest absolute Gasteiger partial charge is 0.271 e. The minimum Gasteiger partial charge on any atom is -0.271 e. The number of nitrogens with one attached hydrogen (secondary N) is 1. The zero-order valence-corrected chi connectivity index (χ0v) is 13.4. The molecule has 0 aliphatic carbocycles. The summed E-state index contributed by atoms with van der Waals surface area (Å²) in [6, 6.07) is 10.3. The van der Waals surface area contributed by atoms with E-state index in [9.17, 15) is 4.39 Å². The summed E-state index contributed by atoms with van der Waals surface area (Å²) in [5.41, 5.74) is 5.18. The third kappa shape index (κ3) is 3.23. The summed E-state index contributed by atoms with van der Waals surface area (Å²) in [6.45, 7) is 1.98. The molecule has 2 nitrogen and oxygen atoms in total. The van der Waals surface area contributed by atoms with Gasteiger partial charge >= 0.3 is 0 Å². The summed E-state index contributed by atoms with van der Waals surface area (Å²) in [4.78, 5) is 0. The third-order valence-corrected chi connectivity index (χ3v) is 4.33. The predicted octanol–water partition coefficient (Wildman–Crippen LogP) is 4.21. The lowest BCUT2D eigenvalue weighted by Crippen LogP contribution is -2.29. The van der Waals surface area contributed by atoms with E-state index in [0.717, 1.165) is 20.1 Å². The van der Waals surface area contributed by atoms with Gasteiger partial charge in [-0.2, -0.15) is 0 Å². The predicted molar refractivity (Wildman–Crippen MR) is 82.1 cm³/mol. The Morgan fingerprint density at radius 3 is 2.53 bits per heavy atom. The summed E-state index contributed by atoms with van der Waals surface area (Å²) in [5.74, 6) is 5.31. The molecule has 5 heteroatoms. The van der Waals surface area contributed by atoms with Crippen molar-refractivity contribution in [1.29, 1.82) is 0 Å². The Hall–Kier alpha value is -0.750. The lowest BCUT2D eigenvalue weighted by atomic mass is 9.97. The summed E-state index contributed by atoms with van der Waals surface area (Å²) in [5, 5.41) is 0. The molecule has 1 atom stereocenters. The lowest BCUT2D eigenvalue weighted by molar-refractivity contribution is 0.559. The van der Waals surface area contributed by atoms with Crippen LogP contribution in [0.5, 0.6) is 0 Å². The fraction of sp³-hybridized carbons (Fsp3) is 0.143. The van der Waals surface area contributed by atoms with E-state index >= 15 is 0 Å². The number of halogens is 3. The average Bonchev–Trinajstić information content (AvgIpc) is 2.38. The van der Waals surface area contributed by atoms with E-state index in [-0.39, 0.29) is 11.9 Å². The number of hydrogen-bond donors (Lipinski definition) is 2. The molecular weight excluding hydrogens is 375 g/mol. The zero-order valence-electron chi connectivity index (χ0n) is 10.3. The SMILES string of the molecule is Cc1cc(C(NN)c2cc(Br)ccc2F)ccc1Br. The van der Waals surface area contributed by atoms with Crippen molar-refractivity contribution >= 4 is 31.9 Å². The van der Waals surface area contributed by atoms with Gasteiger partial charge in [-0.05, 0) is 42.3 Å². The molecule has 2 aromatic rings. The van der Waals surface area contributed by atoms with Crippen LogP contribution in [0.15, 0.2) is 45.3 Å². The maximum atomic E-state index is 13.9. The quantitative estimate of drug-likeness (QED) is 0.611. The number of aryl methyl sites for hydroxylation is 1. The highest BCUT2D eigenvalue weighted by molar-refractivity contribution is 9.10. The van der Waals surface area contributed by atoms with E-state index in [0.29, 0.717) is 5.56 Å². The first-order valence-corrected chi connectivity index (χ1v) is 7.28. The van der Waals surface area contributed by atoms with Crippen molar-refractivity contribution in [3.05, 3.63) is 67.9 Å². The van der Waals surface area contributed by atoms with Crippen LogP contribution in [-0.2, 0) is 0 Å². The first-order valence-electron chi connectivity index (χ1n) is 5.70. The molecule has 100 valence electrons. The number of hydrogen-bond acceptors (Lipinski definition) is 2. The maximum Gasteiger partial charge on any atom is 0.128 e. The summed E-state index contributed by atoms with van der Waals surface area (Å²) < 4.78 is 15.8. The number of hydrazine groups is 1. The molecule has 1 unspecified atom stereocenters. The van der Waals surface area contributed by atoms with E-state index in [2.05, 4.69) is 37.3 Å². The standard InChI is InChI=1S/C14H13Br2FN2/c1-8-6-9(2-4-12(8)16)14(19-18)11-7-10(15)3-5-13(11)17/h2-7,14,19H,18H2,1H3. The molecule has 0 aliphatic rings. The van der Waals surface area contributed by atoms with Crippen LogP contribution in [-0.4, -0.2) is 0 Å². The minimum absolute atomic E-state index is 0.285. The first-order chi connectivity index (χ1) is 9.02. The van der Waals surface area contributed by atoms with Gasteiger partial charge in [-0.25, -0.2) is 9.82 Å². The van der Waals surface area contributed by atoms with Gasteiger partial charge in [0.25, 0.3) is 0 Å². The van der Waals surface area contributed by atoms with E-state index in [1.54, 1.807) is 12.1 Å². The molecule has 0 heterocycles. The second kappa shape index (κ2) is 6.13. The summed E-state index contributed by atoms with van der Waals surface area (Å²) in [6.07, 6.45) is 0. The molecule has 0 radical (unpaired) electrons. The van der Waals surface area contributed by atoms with Crippen LogP contribution < -0.4 is 11.3 Å². The molecule has 0 saturated carbocycles. The molecule has 0 bridgehead atoms. The number of rotatable bonds is 3. The van der Waals surface area contributed by atoms with Gasteiger partial charge in [0.05, 0.1) is 6.04 Å². The Bertz CT molecular complexity index is 602. The Kier molecular flexibility index (Phi) is 4.73. The Morgan fingerprint density at radius 2 is 1.89 bits per heavy atom. The Balaban J connectivity index is 2.49. The van der Waals surface area contributed by atoms with E-state index in [1.165, 1.54) is 6.07 Å². The molecule has 2 rings (SSSR count). The van der Waals surface area contributed by atoms with E-state index in [1.807, 2.05) is 25.1 Å². The van der Waals surface area contributed by atoms with Crippen LogP contribution in [0.25, 0.3) is 0 Å². The second-order valence-electron chi connectivity index (χ2n) is 4.27. The van der Waals surface area contributed by atoms with Crippen molar-refractivity contribution in [3.63, 3.8) is 0 Å². The van der Waals surface area contributed by atoms with Crippen LogP contribution in [0.3, 0.4) is 0 Å². The zero-order chi connectivity index (χ0) is 14.0. The van der Waals surface area contributed by atoms with Gasteiger partial charge in [0.15, 0.2) is 0 Å². The number of nitrogens with two attached hydrogens (primary N) is 1. The fourth-order valence-electron chi connectivity index (χ4n) is 1.95. The smallest absolute Gasteiger partial charge is 0.128 e. The summed E-state index contributed by atoms with van der Waals surface area (Å²) in [7, 11) is 0. The second-order valence-corrected chi connectivity index (χ2v) is 6.04. The molecular formula is C14H13Br2FN2. The fourth-order valence-corrected chi connectivity index (χ4v) is 2.57. The first kappa shape index (κ1) is 14.7. The highest BCUT2D eigenvalue weighted by atomic mass is 79.9. The molecule has 0 saturated heterocycles. The average molecular weight is 388 g/mol. The van der Waals surface area contributed by atoms with Crippen molar-refractivity contribution in [1.82, 2.24) is 5.43 Å². The molecule has 2 aromatic carbocycles. The number of benzene rings is 2. The van der Waals surface area contributed by atoms with Gasteiger partial charge in [-0.1, -0.05) is 44.0 Å². The molecule has 0 aromatic heterocycles. The van der Waals surface area contributed by atoms with Gasteiger partial charge in [0.1, 0.15) is 5.82 Å². The Labute approximate surface area is 128 Å². The van der Waals surface area contributed by atoms with Crippen LogP contribution in [0, 0.1) is 12.7 Å². The van der Waals surface area contributed by atoms with E-state index in [4.69, 9.17) is 5.84 Å². The van der Waals surface area contributed by atoms with Gasteiger partial charge in [0.2, 0.25) is 0 Å². The monoisotopic (exact) mass is 386 g/mol. The lowest BCUT2D eigenvalue weighted by Gasteiger charge is -2.18. The highest BCUT2D eigenvalue weighted by Crippen LogP contribution is 2.28. The van der Waals surface area contributed by atoms with Crippen molar-refractivity contribution in [2.75, 3.05) is 0 Å². The van der Waals surface area contributed by atoms with Crippen LogP contribution >= 0.6 is 31.9 Å². The maximum absolute atomic E-state index is 13.9. The summed E-state index contributed by atoms with van der Waals surface area (Å²) >= 11 is 6.80. The van der Waals surface area contributed by atoms with Crippen LogP contribution in [0.1, 0.15) is 22.7 Å². The van der Waals surface area contributed by atoms with Crippen molar-refractivity contribution < 1.29 is 4.39 Å². The Morgan fingerprint density at radius 1 is 1.16 bits per heavy atom. The van der Waals surface area contributed by atoms with Gasteiger partial charge < -0.3 is 0 Å². The highest BCUT2D eigenvalue weighted by Gasteiger charge is 2.17. The topological polar surface area (TPSA) is 38.0 Å². The molecule has 3 N–H and O–H groups in total. The van der Waals surface area contributed by atoms with Gasteiger partial charge in [0, 0.05) is 14.5 Å². The molecule has 0 amide bonds. The third-order valence-electron chi connectivity index (χ3n) is 2.95. The normalized spacial score (nSPS) is 12.5. The minimum atomic E-state index is -0.385. The molecule has 0 aliphatic heterocycles. The van der Waals surface area contributed by atoms with Gasteiger partial charge in [-0.15, -0.1) is 0 Å². The van der Waals surface area contributed by atoms with Crippen molar-refractivity contribution in [2.45, 2.75) is 13.0 Å². The van der Waals surface area contributed by atoms with E-state index < -0.39 is 0 Å². The molecule has 0 fully saturated rings. The van der Waals surface area contributed by atoms with Crippen molar-refractivity contribution in [2.24, 2.45) is 5.84 Å². The molecule has 19 heavy (non-hydrogen) atoms. The van der Waals surface area contributed by atoms with Gasteiger partial charge in [-0.3, -0.25) is 5.84 Å². The van der Waals surface area contributed by atoms with Crippen LogP contribution in [0.4, 0.5) is 4.39 Å². The molecule has 0 spiro atoms. The van der Waals surface area contributed by atoms with Crippen LogP contribution in [0.2, 0.25) is 0 Å². The van der Waals surface area contributed by atoms with Crippen molar-refractivity contribution in [3.8, 4) is 0 Å².